The summed E-state index contributed by atoms with van der Waals surface area (Å²) in [5.41, 5.74) is 0. The quantitative estimate of drug-likeness (QED) is 0.400. The maximum absolute atomic E-state index is 9.48. The molecule has 0 aliphatic heterocycles. The van der Waals surface area contributed by atoms with Crippen molar-refractivity contribution < 1.29 is 14.6 Å². The molecule has 0 radical (unpaired) electrons. The first kappa shape index (κ1) is 6.01. The molecule has 0 spiro atoms. The zero-order valence-electron chi connectivity index (χ0n) is 3.92. The summed E-state index contributed by atoms with van der Waals surface area (Å²) in [7, 11) is 0. The van der Waals surface area contributed by atoms with Crippen molar-refractivity contribution in [1.82, 2.24) is 0 Å². The monoisotopic (exact) mass is 102 g/mol. The molecule has 3 heteroatoms. The lowest BCUT2D eigenvalue weighted by Crippen LogP contribution is -1.90. The molecule has 0 aromatic heterocycles. The lowest BCUT2D eigenvalue weighted by atomic mass is 10.7. The molecule has 0 fully saturated rings. The van der Waals surface area contributed by atoms with Crippen molar-refractivity contribution in [3.63, 3.8) is 0 Å². The summed E-state index contributed by atoms with van der Waals surface area (Å²) < 4.78 is 3.93. The van der Waals surface area contributed by atoms with Crippen LogP contribution in [0, 0.1) is 0 Å². The second-order valence-electron chi connectivity index (χ2n) is 0.853. The van der Waals surface area contributed by atoms with Crippen molar-refractivity contribution in [2.24, 2.45) is 0 Å². The summed E-state index contributed by atoms with van der Waals surface area (Å²) in [6.45, 7) is 1.67. The Labute approximate surface area is 41.2 Å². The molecule has 0 aliphatic carbocycles. The molecule has 40 valence electrons. The van der Waals surface area contributed by atoms with Crippen LogP contribution in [0.2, 0.25) is 0 Å². The number of allylic oxidation sites excluding steroid dienone is 1. The predicted molar refractivity (Wildman–Crippen MR) is 23.9 cm³/mol. The number of carbonyl (C=O) groups is 1. The smallest absolute Gasteiger partial charge is 0.449 e. The molecule has 0 aliphatic rings. The van der Waals surface area contributed by atoms with E-state index in [4.69, 9.17) is 5.11 Å². The molecule has 0 bridgehead atoms. The second kappa shape index (κ2) is 3.21. The largest absolute Gasteiger partial charge is 0.510 e. The topological polar surface area (TPSA) is 46.5 Å². The maximum Gasteiger partial charge on any atom is 0.510 e. The summed E-state index contributed by atoms with van der Waals surface area (Å²) in [6, 6.07) is 0. The Morgan fingerprint density at radius 2 is 2.43 bits per heavy atom. The third-order valence-electron chi connectivity index (χ3n) is 0.305. The molecular formula is C4H6O3. The Bertz CT molecular complexity index is 84.9. The van der Waals surface area contributed by atoms with Gasteiger partial charge < -0.3 is 9.84 Å². The van der Waals surface area contributed by atoms with E-state index in [9.17, 15) is 4.79 Å². The number of rotatable bonds is 1. The highest BCUT2D eigenvalue weighted by atomic mass is 16.7. The Kier molecular flexibility index (Phi) is 2.76. The molecule has 1 N–H and O–H groups in total. The van der Waals surface area contributed by atoms with E-state index >= 15 is 0 Å². The third kappa shape index (κ3) is 5.01. The lowest BCUT2D eigenvalue weighted by molar-refractivity contribution is 0.128. The fraction of sp³-hybridized carbons (Fsp3) is 0.250. The summed E-state index contributed by atoms with van der Waals surface area (Å²) in [6.07, 6.45) is 1.31. The minimum absolute atomic E-state index is 1.10. The minimum atomic E-state index is -1.28. The lowest BCUT2D eigenvalue weighted by Gasteiger charge is -1.83. The molecule has 0 unspecified atom stereocenters. The minimum Gasteiger partial charge on any atom is -0.449 e. The maximum atomic E-state index is 9.48. The van der Waals surface area contributed by atoms with Crippen LogP contribution in [0.15, 0.2) is 12.3 Å². The van der Waals surface area contributed by atoms with E-state index in [2.05, 4.69) is 4.74 Å². The van der Waals surface area contributed by atoms with E-state index in [1.807, 2.05) is 0 Å². The fourth-order valence-electron chi connectivity index (χ4n) is 0.126. The average Bonchev–Trinajstić information content (AvgIpc) is 1.61. The van der Waals surface area contributed by atoms with Crippen LogP contribution in [0.25, 0.3) is 0 Å². The van der Waals surface area contributed by atoms with Gasteiger partial charge in [-0.25, -0.2) is 4.79 Å². The molecule has 0 aromatic carbocycles. The van der Waals surface area contributed by atoms with Crippen molar-refractivity contribution in [3.8, 4) is 0 Å². The molecule has 0 amide bonds. The van der Waals surface area contributed by atoms with Gasteiger partial charge in [-0.1, -0.05) is 6.08 Å². The molecule has 7 heavy (non-hydrogen) atoms. The number of hydrogen-bond acceptors (Lipinski definition) is 2. The Balaban J connectivity index is 3.14. The zero-order valence-corrected chi connectivity index (χ0v) is 3.92. The van der Waals surface area contributed by atoms with Gasteiger partial charge in [-0.05, 0) is 6.92 Å². The van der Waals surface area contributed by atoms with Gasteiger partial charge in [0.2, 0.25) is 0 Å². The van der Waals surface area contributed by atoms with E-state index in [-0.39, 0.29) is 0 Å². The first-order chi connectivity index (χ1) is 3.27. The van der Waals surface area contributed by atoms with Crippen LogP contribution in [0.5, 0.6) is 0 Å². The van der Waals surface area contributed by atoms with E-state index in [0.717, 1.165) is 6.26 Å². The van der Waals surface area contributed by atoms with Crippen LogP contribution in [0.1, 0.15) is 6.92 Å². The molecule has 0 atom stereocenters. The van der Waals surface area contributed by atoms with Crippen molar-refractivity contribution in [2.75, 3.05) is 0 Å². The first-order valence-corrected chi connectivity index (χ1v) is 1.78. The summed E-state index contributed by atoms with van der Waals surface area (Å²) in [5.74, 6) is 0. The van der Waals surface area contributed by atoms with Gasteiger partial charge in [-0.2, -0.15) is 0 Å². The van der Waals surface area contributed by atoms with Crippen molar-refractivity contribution >= 4 is 6.16 Å². The van der Waals surface area contributed by atoms with Gasteiger partial charge in [0.1, 0.15) is 0 Å². The number of carboxylic acid groups (broad SMARTS) is 1. The number of ether oxygens (including phenoxy) is 1. The van der Waals surface area contributed by atoms with Crippen LogP contribution in [-0.2, 0) is 4.74 Å². The highest BCUT2D eigenvalue weighted by molar-refractivity contribution is 5.57. The van der Waals surface area contributed by atoms with Crippen molar-refractivity contribution in [2.45, 2.75) is 6.92 Å². The van der Waals surface area contributed by atoms with Gasteiger partial charge in [0.05, 0.1) is 6.26 Å². The van der Waals surface area contributed by atoms with Gasteiger partial charge in [0.15, 0.2) is 0 Å². The van der Waals surface area contributed by atoms with Gasteiger partial charge in [0.25, 0.3) is 0 Å². The van der Waals surface area contributed by atoms with E-state index < -0.39 is 6.16 Å². The van der Waals surface area contributed by atoms with Gasteiger partial charge in [-0.3, -0.25) is 0 Å². The predicted octanol–water partition coefficient (Wildman–Crippen LogP) is 1.21. The molecular weight excluding hydrogens is 96.0 g/mol. The standard InChI is InChI=1S/C4H6O3/c1-2-3-7-4(5)6/h2-3H,1H3,(H,5,6). The Hall–Kier alpha value is -0.990. The molecule has 3 nitrogen and oxygen atoms in total. The summed E-state index contributed by atoms with van der Waals surface area (Å²) in [5, 5.41) is 7.77. The highest BCUT2D eigenvalue weighted by Crippen LogP contribution is 1.75. The fourth-order valence-corrected chi connectivity index (χ4v) is 0.126. The summed E-state index contributed by atoms with van der Waals surface area (Å²) >= 11 is 0. The van der Waals surface area contributed by atoms with Crippen LogP contribution in [0.3, 0.4) is 0 Å². The average molecular weight is 102 g/mol. The zero-order chi connectivity index (χ0) is 5.70. The van der Waals surface area contributed by atoms with Gasteiger partial charge in [0, 0.05) is 0 Å². The van der Waals surface area contributed by atoms with Crippen LogP contribution in [0.4, 0.5) is 4.79 Å². The summed E-state index contributed by atoms with van der Waals surface area (Å²) in [4.78, 5) is 9.48. The van der Waals surface area contributed by atoms with Crippen molar-refractivity contribution in [1.29, 1.82) is 0 Å². The number of hydrogen-bond donors (Lipinski definition) is 1. The molecule has 0 heterocycles. The van der Waals surface area contributed by atoms with Gasteiger partial charge in [-0.15, -0.1) is 0 Å². The third-order valence-corrected chi connectivity index (χ3v) is 0.305. The Morgan fingerprint density at radius 1 is 1.86 bits per heavy atom. The molecule has 0 aromatic rings. The van der Waals surface area contributed by atoms with Crippen LogP contribution < -0.4 is 0 Å². The highest BCUT2D eigenvalue weighted by Gasteiger charge is 1.85. The first-order valence-electron chi connectivity index (χ1n) is 1.78. The molecule has 0 rings (SSSR count). The van der Waals surface area contributed by atoms with Crippen LogP contribution in [-0.4, -0.2) is 11.3 Å². The van der Waals surface area contributed by atoms with E-state index in [1.165, 1.54) is 6.08 Å². The van der Waals surface area contributed by atoms with Crippen molar-refractivity contribution in [3.05, 3.63) is 12.3 Å². The molecule has 0 saturated carbocycles. The van der Waals surface area contributed by atoms with Crippen LogP contribution >= 0.6 is 0 Å². The Morgan fingerprint density at radius 3 is 2.57 bits per heavy atom. The van der Waals surface area contributed by atoms with E-state index in [0.29, 0.717) is 0 Å². The second-order valence-corrected chi connectivity index (χ2v) is 0.853. The molecule has 0 saturated heterocycles. The SMILES string of the molecule is CC=COC(=O)O. The van der Waals surface area contributed by atoms with Gasteiger partial charge >= 0.3 is 6.16 Å². The van der Waals surface area contributed by atoms with E-state index in [1.54, 1.807) is 6.92 Å². The normalized spacial score (nSPS) is 9.29.